The summed E-state index contributed by atoms with van der Waals surface area (Å²) in [6, 6.07) is 7.90. The molecule has 1 aromatic rings. The van der Waals surface area contributed by atoms with E-state index in [2.05, 4.69) is 22.4 Å². The normalized spacial score (nSPS) is 15.1. The molecule has 0 spiro atoms. The molecule has 1 heterocycles. The third kappa shape index (κ3) is 2.37. The van der Waals surface area contributed by atoms with Crippen LogP contribution in [0.4, 0.5) is 11.4 Å². The topological polar surface area (TPSA) is 32.3 Å². The number of rotatable bonds is 3. The van der Waals surface area contributed by atoms with Crippen LogP contribution < -0.4 is 10.2 Å². The Bertz CT molecular complexity index is 356. The van der Waals surface area contributed by atoms with Crippen molar-refractivity contribution in [1.29, 1.82) is 0 Å². The van der Waals surface area contributed by atoms with Gasteiger partial charge in [-0.15, -0.1) is 0 Å². The summed E-state index contributed by atoms with van der Waals surface area (Å²) in [4.78, 5) is 12.5. The molecule has 0 aromatic heterocycles. The highest BCUT2D eigenvalue weighted by Crippen LogP contribution is 2.19. The predicted octanol–water partition coefficient (Wildman–Crippen LogP) is 2.02. The van der Waals surface area contributed by atoms with E-state index in [9.17, 15) is 4.79 Å². The van der Waals surface area contributed by atoms with E-state index in [1.165, 1.54) is 5.69 Å². The van der Waals surface area contributed by atoms with Crippen molar-refractivity contribution in [1.82, 2.24) is 0 Å². The highest BCUT2D eigenvalue weighted by atomic mass is 16.1. The fourth-order valence-electron chi connectivity index (χ4n) is 1.71. The van der Waals surface area contributed by atoms with Crippen molar-refractivity contribution < 1.29 is 4.79 Å². The van der Waals surface area contributed by atoms with Crippen LogP contribution in [-0.2, 0) is 4.79 Å². The zero-order valence-corrected chi connectivity index (χ0v) is 8.52. The van der Waals surface area contributed by atoms with E-state index in [1.54, 1.807) is 0 Å². The first-order valence-electron chi connectivity index (χ1n) is 5.10. The van der Waals surface area contributed by atoms with Gasteiger partial charge >= 0.3 is 0 Å². The van der Waals surface area contributed by atoms with Gasteiger partial charge in [0.1, 0.15) is 0 Å². The molecule has 0 radical (unpaired) electrons. The van der Waals surface area contributed by atoms with Crippen LogP contribution in [0.5, 0.6) is 0 Å². The lowest BCUT2D eigenvalue weighted by atomic mass is 10.2. The minimum absolute atomic E-state index is 0.693. The van der Waals surface area contributed by atoms with Gasteiger partial charge in [0.15, 0.2) is 0 Å². The number of nitrogens with zero attached hydrogens (tertiary/aromatic N) is 1. The minimum atomic E-state index is 0.693. The molecule has 0 bridgehead atoms. The van der Waals surface area contributed by atoms with Crippen LogP contribution in [0.2, 0.25) is 0 Å². The van der Waals surface area contributed by atoms with E-state index in [-0.39, 0.29) is 0 Å². The van der Waals surface area contributed by atoms with Crippen LogP contribution in [0.15, 0.2) is 36.4 Å². The number of nitrogens with one attached hydrogen (secondary N) is 1. The summed E-state index contributed by atoms with van der Waals surface area (Å²) in [6.45, 7) is 2.04. The summed E-state index contributed by atoms with van der Waals surface area (Å²) in [5, 5.41) is 2.62. The van der Waals surface area contributed by atoms with Gasteiger partial charge < -0.3 is 10.2 Å². The lowest BCUT2D eigenvalue weighted by Crippen LogP contribution is -2.26. The van der Waals surface area contributed by atoms with Crippen molar-refractivity contribution >= 4 is 17.8 Å². The molecule has 0 fully saturated rings. The number of carbonyl (C=O) groups excluding carboxylic acids is 1. The molecule has 0 aliphatic carbocycles. The Morgan fingerprint density at radius 3 is 2.60 bits per heavy atom. The van der Waals surface area contributed by atoms with E-state index in [0.29, 0.717) is 6.41 Å². The molecule has 0 saturated heterocycles. The molecule has 1 aromatic carbocycles. The number of hydrogen-bond acceptors (Lipinski definition) is 2. The molecular formula is C12H14N2O. The summed E-state index contributed by atoms with van der Waals surface area (Å²) in [5.41, 5.74) is 2.04. The number of carbonyl (C=O) groups is 1. The molecule has 0 saturated carbocycles. The third-order valence-electron chi connectivity index (χ3n) is 2.52. The van der Waals surface area contributed by atoms with Crippen molar-refractivity contribution in [3.05, 3.63) is 36.4 Å². The van der Waals surface area contributed by atoms with E-state index >= 15 is 0 Å². The quantitative estimate of drug-likeness (QED) is 0.600. The van der Waals surface area contributed by atoms with Crippen LogP contribution >= 0.6 is 0 Å². The van der Waals surface area contributed by atoms with Crippen molar-refractivity contribution in [3.63, 3.8) is 0 Å². The minimum Gasteiger partial charge on any atom is -0.367 e. The van der Waals surface area contributed by atoms with Gasteiger partial charge in [0, 0.05) is 24.5 Å². The molecule has 1 amide bonds. The maximum Gasteiger partial charge on any atom is 0.211 e. The zero-order valence-electron chi connectivity index (χ0n) is 8.52. The first-order chi connectivity index (χ1) is 7.40. The van der Waals surface area contributed by atoms with Gasteiger partial charge in [0.05, 0.1) is 0 Å². The zero-order chi connectivity index (χ0) is 10.5. The lowest BCUT2D eigenvalue weighted by molar-refractivity contribution is -0.105. The molecule has 78 valence electrons. The lowest BCUT2D eigenvalue weighted by Gasteiger charge is -2.25. The maximum atomic E-state index is 10.2. The average molecular weight is 202 g/mol. The smallest absolute Gasteiger partial charge is 0.211 e. The van der Waals surface area contributed by atoms with Gasteiger partial charge in [-0.3, -0.25) is 4.79 Å². The molecule has 3 heteroatoms. The summed E-state index contributed by atoms with van der Waals surface area (Å²) < 4.78 is 0. The number of benzene rings is 1. The Morgan fingerprint density at radius 1 is 1.20 bits per heavy atom. The second-order valence-corrected chi connectivity index (χ2v) is 3.52. The fourth-order valence-corrected chi connectivity index (χ4v) is 1.71. The summed E-state index contributed by atoms with van der Waals surface area (Å²) in [5.74, 6) is 0. The van der Waals surface area contributed by atoms with E-state index in [1.807, 2.05) is 24.3 Å². The van der Waals surface area contributed by atoms with Crippen LogP contribution in [0.3, 0.4) is 0 Å². The predicted molar refractivity (Wildman–Crippen MR) is 62.1 cm³/mol. The second kappa shape index (κ2) is 4.64. The van der Waals surface area contributed by atoms with Crippen LogP contribution in [-0.4, -0.2) is 19.5 Å². The van der Waals surface area contributed by atoms with E-state index < -0.39 is 0 Å². The molecule has 2 rings (SSSR count). The van der Waals surface area contributed by atoms with Crippen LogP contribution in [0, 0.1) is 0 Å². The van der Waals surface area contributed by atoms with E-state index in [0.717, 1.165) is 25.2 Å². The summed E-state index contributed by atoms with van der Waals surface area (Å²) in [7, 11) is 0. The van der Waals surface area contributed by atoms with Crippen LogP contribution in [0.1, 0.15) is 6.42 Å². The monoisotopic (exact) mass is 202 g/mol. The molecule has 0 unspecified atom stereocenters. The molecular weight excluding hydrogens is 188 g/mol. The molecule has 1 N–H and O–H groups in total. The first kappa shape index (κ1) is 9.77. The maximum absolute atomic E-state index is 10.2. The van der Waals surface area contributed by atoms with Crippen molar-refractivity contribution in [2.24, 2.45) is 0 Å². The largest absolute Gasteiger partial charge is 0.367 e. The second-order valence-electron chi connectivity index (χ2n) is 3.52. The molecule has 15 heavy (non-hydrogen) atoms. The molecule has 1 aliphatic rings. The average Bonchev–Trinajstić information content (AvgIpc) is 2.32. The van der Waals surface area contributed by atoms with Crippen molar-refractivity contribution in [3.8, 4) is 0 Å². The molecule has 0 atom stereocenters. The van der Waals surface area contributed by atoms with Gasteiger partial charge in [0.2, 0.25) is 6.41 Å². The highest BCUT2D eigenvalue weighted by molar-refractivity contribution is 5.72. The number of hydrogen-bond donors (Lipinski definition) is 1. The molecule has 3 nitrogen and oxygen atoms in total. The first-order valence-corrected chi connectivity index (χ1v) is 5.10. The van der Waals surface area contributed by atoms with Crippen molar-refractivity contribution in [2.45, 2.75) is 6.42 Å². The van der Waals surface area contributed by atoms with Gasteiger partial charge in [-0.05, 0) is 30.7 Å². The Balaban J connectivity index is 2.08. The van der Waals surface area contributed by atoms with Crippen molar-refractivity contribution in [2.75, 3.05) is 23.3 Å². The van der Waals surface area contributed by atoms with Gasteiger partial charge in [0.25, 0.3) is 0 Å². The Morgan fingerprint density at radius 2 is 2.00 bits per heavy atom. The molecule has 1 aliphatic heterocycles. The standard InChI is InChI=1S/C12H14N2O/c15-10-13-11-4-6-12(7-5-11)14-8-2-1-3-9-14/h1-2,4-7,10H,3,8-9H2,(H,13,15). The number of anilines is 2. The van der Waals surface area contributed by atoms with Gasteiger partial charge in [-0.2, -0.15) is 0 Å². The fraction of sp³-hybridized carbons (Fsp3) is 0.250. The van der Waals surface area contributed by atoms with Crippen LogP contribution in [0.25, 0.3) is 0 Å². The third-order valence-corrected chi connectivity index (χ3v) is 2.52. The highest BCUT2D eigenvalue weighted by Gasteiger charge is 2.06. The van der Waals surface area contributed by atoms with Gasteiger partial charge in [-0.1, -0.05) is 12.2 Å². The van der Waals surface area contributed by atoms with Gasteiger partial charge in [-0.25, -0.2) is 0 Å². The Labute approximate surface area is 89.4 Å². The Kier molecular flexibility index (Phi) is 3.02. The summed E-state index contributed by atoms with van der Waals surface area (Å²) >= 11 is 0. The SMILES string of the molecule is O=CNc1ccc(N2CC=CCC2)cc1. The number of amides is 1. The summed E-state index contributed by atoms with van der Waals surface area (Å²) in [6.07, 6.45) is 6.19. The Hall–Kier alpha value is -1.77. The van der Waals surface area contributed by atoms with E-state index in [4.69, 9.17) is 0 Å².